The summed E-state index contributed by atoms with van der Waals surface area (Å²) in [7, 11) is 1.68. The van der Waals surface area contributed by atoms with Crippen LogP contribution in [0.5, 0.6) is 0 Å². The molecule has 0 saturated carbocycles. The van der Waals surface area contributed by atoms with E-state index in [0.717, 1.165) is 23.6 Å². The van der Waals surface area contributed by atoms with Crippen molar-refractivity contribution in [1.82, 2.24) is 19.7 Å². The van der Waals surface area contributed by atoms with Gasteiger partial charge < -0.3 is 9.30 Å². The first-order valence-electron chi connectivity index (χ1n) is 5.11. The molecule has 0 aliphatic carbocycles. The summed E-state index contributed by atoms with van der Waals surface area (Å²) >= 11 is 0. The predicted molar refractivity (Wildman–Crippen MR) is 59.9 cm³/mol. The van der Waals surface area contributed by atoms with Crippen LogP contribution in [-0.2, 0) is 11.3 Å². The van der Waals surface area contributed by atoms with E-state index in [1.165, 1.54) is 0 Å². The van der Waals surface area contributed by atoms with E-state index in [1.54, 1.807) is 19.6 Å². The highest BCUT2D eigenvalue weighted by Crippen LogP contribution is 2.16. The molecule has 2 aromatic heterocycles. The van der Waals surface area contributed by atoms with E-state index in [4.69, 9.17) is 4.74 Å². The third-order valence-corrected chi connectivity index (χ3v) is 2.31. The third-order valence-electron chi connectivity index (χ3n) is 2.31. The number of nitrogens with zero attached hydrogens (tertiary/aromatic N) is 4. The quantitative estimate of drug-likeness (QED) is 0.776. The molecule has 0 atom stereocenters. The van der Waals surface area contributed by atoms with E-state index in [0.29, 0.717) is 6.61 Å². The van der Waals surface area contributed by atoms with Crippen molar-refractivity contribution < 1.29 is 4.74 Å². The van der Waals surface area contributed by atoms with Gasteiger partial charge >= 0.3 is 0 Å². The fourth-order valence-electron chi connectivity index (χ4n) is 1.52. The first-order chi connectivity index (χ1) is 7.81. The van der Waals surface area contributed by atoms with Gasteiger partial charge in [0.05, 0.1) is 6.61 Å². The van der Waals surface area contributed by atoms with Gasteiger partial charge in [-0.1, -0.05) is 0 Å². The lowest BCUT2D eigenvalue weighted by atomic mass is 10.2. The fourth-order valence-corrected chi connectivity index (χ4v) is 1.52. The van der Waals surface area contributed by atoms with Crippen molar-refractivity contribution in [3.8, 4) is 11.4 Å². The van der Waals surface area contributed by atoms with Crippen molar-refractivity contribution in [3.63, 3.8) is 0 Å². The monoisotopic (exact) mass is 218 g/mol. The van der Waals surface area contributed by atoms with Gasteiger partial charge in [-0.05, 0) is 19.1 Å². The molecular formula is C11H14N4O. The van der Waals surface area contributed by atoms with Crippen molar-refractivity contribution >= 4 is 0 Å². The number of aromatic nitrogens is 4. The Morgan fingerprint density at radius 2 is 2.31 bits per heavy atom. The maximum absolute atomic E-state index is 5.04. The molecule has 0 amide bonds. The van der Waals surface area contributed by atoms with E-state index in [-0.39, 0.29) is 0 Å². The van der Waals surface area contributed by atoms with Crippen LogP contribution >= 0.6 is 0 Å². The van der Waals surface area contributed by atoms with Crippen LogP contribution in [0.25, 0.3) is 11.4 Å². The second-order valence-corrected chi connectivity index (χ2v) is 3.53. The molecule has 84 valence electrons. The summed E-state index contributed by atoms with van der Waals surface area (Å²) in [4.78, 5) is 4.16. The summed E-state index contributed by atoms with van der Waals surface area (Å²) in [5, 5.41) is 8.03. The van der Waals surface area contributed by atoms with Crippen molar-refractivity contribution in [2.45, 2.75) is 13.5 Å². The van der Waals surface area contributed by atoms with Gasteiger partial charge in [0.25, 0.3) is 0 Å². The van der Waals surface area contributed by atoms with Gasteiger partial charge in [0.2, 0.25) is 0 Å². The molecule has 0 aromatic carbocycles. The molecule has 0 radical (unpaired) electrons. The topological polar surface area (TPSA) is 52.8 Å². The van der Waals surface area contributed by atoms with Gasteiger partial charge in [-0.15, -0.1) is 10.2 Å². The van der Waals surface area contributed by atoms with Crippen molar-refractivity contribution in [3.05, 3.63) is 30.4 Å². The average Bonchev–Trinajstić information content (AvgIpc) is 2.74. The minimum atomic E-state index is 0.648. The Bertz CT molecular complexity index is 467. The second-order valence-electron chi connectivity index (χ2n) is 3.53. The van der Waals surface area contributed by atoms with Crippen LogP contribution < -0.4 is 0 Å². The Kier molecular flexibility index (Phi) is 3.26. The van der Waals surface area contributed by atoms with Crippen molar-refractivity contribution in [1.29, 1.82) is 0 Å². The normalized spacial score (nSPS) is 10.6. The van der Waals surface area contributed by atoms with Crippen LogP contribution in [0.15, 0.2) is 24.7 Å². The number of ether oxygens (including phenoxy) is 1. The summed E-state index contributed by atoms with van der Waals surface area (Å²) in [5.41, 5.74) is 2.00. The molecule has 0 bridgehead atoms. The van der Waals surface area contributed by atoms with E-state index in [1.807, 2.05) is 23.6 Å². The first-order valence-corrected chi connectivity index (χ1v) is 5.11. The highest BCUT2D eigenvalue weighted by Gasteiger charge is 2.06. The zero-order chi connectivity index (χ0) is 11.4. The molecule has 2 aromatic rings. The molecule has 0 unspecified atom stereocenters. The molecule has 2 heterocycles. The maximum atomic E-state index is 5.04. The fraction of sp³-hybridized carbons (Fsp3) is 0.364. The van der Waals surface area contributed by atoms with E-state index in [9.17, 15) is 0 Å². The van der Waals surface area contributed by atoms with Gasteiger partial charge in [-0.2, -0.15) is 0 Å². The molecule has 0 aliphatic rings. The van der Waals surface area contributed by atoms with E-state index in [2.05, 4.69) is 15.2 Å². The molecule has 2 rings (SSSR count). The molecule has 0 fully saturated rings. The number of aryl methyl sites for hydroxylation is 1. The first kappa shape index (κ1) is 10.8. The summed E-state index contributed by atoms with van der Waals surface area (Å²) in [6.07, 6.45) is 3.49. The van der Waals surface area contributed by atoms with Gasteiger partial charge in [0.15, 0.2) is 5.82 Å². The smallest absolute Gasteiger partial charge is 0.163 e. The summed E-state index contributed by atoms with van der Waals surface area (Å²) in [6, 6.07) is 3.92. The highest BCUT2D eigenvalue weighted by molar-refractivity contribution is 5.54. The van der Waals surface area contributed by atoms with E-state index >= 15 is 0 Å². The van der Waals surface area contributed by atoms with Crippen LogP contribution in [0.3, 0.4) is 0 Å². The minimum Gasteiger partial charge on any atom is -0.383 e. The summed E-state index contributed by atoms with van der Waals surface area (Å²) < 4.78 is 7.01. The third kappa shape index (κ3) is 2.25. The largest absolute Gasteiger partial charge is 0.383 e. The van der Waals surface area contributed by atoms with Crippen LogP contribution in [0.1, 0.15) is 5.69 Å². The van der Waals surface area contributed by atoms with Crippen molar-refractivity contribution in [2.24, 2.45) is 0 Å². The molecule has 0 saturated heterocycles. The Balaban J connectivity index is 2.29. The maximum Gasteiger partial charge on any atom is 0.163 e. The number of methoxy groups -OCH3 is 1. The number of pyridine rings is 1. The lowest BCUT2D eigenvalue weighted by Gasteiger charge is -2.05. The Labute approximate surface area is 94.1 Å². The number of hydrogen-bond donors (Lipinski definition) is 0. The van der Waals surface area contributed by atoms with Crippen LogP contribution in [-0.4, -0.2) is 33.5 Å². The van der Waals surface area contributed by atoms with Crippen LogP contribution in [0.2, 0.25) is 0 Å². The van der Waals surface area contributed by atoms with Gasteiger partial charge in [-0.25, -0.2) is 0 Å². The lowest BCUT2D eigenvalue weighted by Crippen LogP contribution is -2.05. The summed E-state index contributed by atoms with van der Waals surface area (Å²) in [5.74, 6) is 0.850. The second kappa shape index (κ2) is 4.85. The summed E-state index contributed by atoms with van der Waals surface area (Å²) in [6.45, 7) is 3.36. The van der Waals surface area contributed by atoms with Gasteiger partial charge in [0, 0.05) is 31.1 Å². The average molecular weight is 218 g/mol. The molecular weight excluding hydrogens is 204 g/mol. The molecule has 16 heavy (non-hydrogen) atoms. The van der Waals surface area contributed by atoms with Gasteiger partial charge in [-0.3, -0.25) is 4.98 Å². The zero-order valence-electron chi connectivity index (χ0n) is 9.42. The van der Waals surface area contributed by atoms with Crippen molar-refractivity contribution in [2.75, 3.05) is 13.7 Å². The molecule has 0 spiro atoms. The molecule has 0 aliphatic heterocycles. The van der Waals surface area contributed by atoms with E-state index < -0.39 is 0 Å². The minimum absolute atomic E-state index is 0.648. The molecule has 0 N–H and O–H groups in total. The Hall–Kier alpha value is -1.75. The Morgan fingerprint density at radius 3 is 3.06 bits per heavy atom. The molecule has 5 heteroatoms. The van der Waals surface area contributed by atoms with Gasteiger partial charge in [0.1, 0.15) is 6.33 Å². The highest BCUT2D eigenvalue weighted by atomic mass is 16.5. The number of hydrogen-bond acceptors (Lipinski definition) is 4. The standard InChI is InChI=1S/C11H14N4O/c1-9-7-10(3-4-12-9)11-14-13-8-15(11)5-6-16-2/h3-4,7-8H,5-6H2,1-2H3. The van der Waals surface area contributed by atoms with Crippen LogP contribution in [0.4, 0.5) is 0 Å². The zero-order valence-corrected chi connectivity index (χ0v) is 9.42. The predicted octanol–water partition coefficient (Wildman–Crippen LogP) is 1.29. The van der Waals surface area contributed by atoms with Crippen LogP contribution in [0, 0.1) is 6.92 Å². The number of rotatable bonds is 4. The molecule has 5 nitrogen and oxygen atoms in total. The Morgan fingerprint density at radius 1 is 1.44 bits per heavy atom. The SMILES string of the molecule is COCCn1cnnc1-c1ccnc(C)c1. The lowest BCUT2D eigenvalue weighted by molar-refractivity contribution is 0.187.